The summed E-state index contributed by atoms with van der Waals surface area (Å²) in [5.74, 6) is -0.335. The Bertz CT molecular complexity index is 235. The zero-order chi connectivity index (χ0) is 10.5. The van der Waals surface area contributed by atoms with Crippen LogP contribution < -0.4 is 0 Å². The molecule has 0 aromatic rings. The predicted octanol–water partition coefficient (Wildman–Crippen LogP) is -0.212. The van der Waals surface area contributed by atoms with E-state index in [0.29, 0.717) is 13.0 Å². The van der Waals surface area contributed by atoms with E-state index >= 15 is 0 Å². The largest absolute Gasteiger partial charge is 0.316 e. The molecule has 0 spiro atoms. The van der Waals surface area contributed by atoms with Crippen LogP contribution >= 0.6 is 0 Å². The SMILES string of the molecule is C[N+](C)(CCCOO)CS(=O)(=O)O. The molecule has 0 unspecified atom stereocenters. The first-order chi connectivity index (χ1) is 5.77. The van der Waals surface area contributed by atoms with Gasteiger partial charge in [0.15, 0.2) is 0 Å². The molecule has 0 rings (SSSR count). The minimum absolute atomic E-state index is 0.141. The topological polar surface area (TPSA) is 83.8 Å². The fourth-order valence-electron chi connectivity index (χ4n) is 1.06. The third kappa shape index (κ3) is 8.13. The fraction of sp³-hybridized carbons (Fsp3) is 1.00. The van der Waals surface area contributed by atoms with Gasteiger partial charge in [-0.1, -0.05) is 0 Å². The molecule has 0 heterocycles. The smallest absolute Gasteiger partial charge is 0.314 e. The van der Waals surface area contributed by atoms with Crippen LogP contribution in [0.2, 0.25) is 0 Å². The average molecular weight is 214 g/mol. The van der Waals surface area contributed by atoms with E-state index in [0.717, 1.165) is 0 Å². The van der Waals surface area contributed by atoms with Crippen molar-refractivity contribution in [2.75, 3.05) is 33.1 Å². The quantitative estimate of drug-likeness (QED) is 0.210. The molecule has 0 aromatic carbocycles. The summed E-state index contributed by atoms with van der Waals surface area (Å²) in [6.07, 6.45) is 0.527. The fourth-order valence-corrected chi connectivity index (χ4v) is 2.08. The van der Waals surface area contributed by atoms with Gasteiger partial charge in [-0.05, 0) is 0 Å². The summed E-state index contributed by atoms with van der Waals surface area (Å²) in [4.78, 5) is 3.85. The molecule has 0 amide bonds. The standard InChI is InChI=1S/C6H15NO5S/c1-7(2,4-3-5-12-8)6-13(9,10)11/h3-6H2,1-2H3,(H-,8,9,10,11)/p+1. The van der Waals surface area contributed by atoms with Crippen LogP contribution in [0.5, 0.6) is 0 Å². The maximum absolute atomic E-state index is 10.5. The normalized spacial score (nSPS) is 13.2. The van der Waals surface area contributed by atoms with Crippen molar-refractivity contribution in [2.24, 2.45) is 0 Å². The molecule has 80 valence electrons. The number of quaternary nitrogens is 1. The zero-order valence-electron chi connectivity index (χ0n) is 7.80. The molecule has 0 aliphatic heterocycles. The summed E-state index contributed by atoms with van der Waals surface area (Å²) < 4.78 is 29.8. The highest BCUT2D eigenvalue weighted by molar-refractivity contribution is 7.85. The van der Waals surface area contributed by atoms with E-state index < -0.39 is 10.1 Å². The third-order valence-corrected chi connectivity index (χ3v) is 2.54. The van der Waals surface area contributed by atoms with Crippen LogP contribution in [0, 0.1) is 0 Å². The van der Waals surface area contributed by atoms with Crippen molar-refractivity contribution < 1.29 is 27.6 Å². The summed E-state index contributed by atoms with van der Waals surface area (Å²) >= 11 is 0. The molecular weight excluding hydrogens is 198 g/mol. The molecule has 0 fully saturated rings. The summed E-state index contributed by atoms with van der Waals surface area (Å²) in [5.41, 5.74) is 0. The Labute approximate surface area is 78.0 Å². The molecule has 2 N–H and O–H groups in total. The van der Waals surface area contributed by atoms with Crippen molar-refractivity contribution in [1.29, 1.82) is 0 Å². The predicted molar refractivity (Wildman–Crippen MR) is 46.6 cm³/mol. The third-order valence-electron chi connectivity index (χ3n) is 1.51. The first-order valence-corrected chi connectivity index (χ1v) is 5.41. The molecule has 0 atom stereocenters. The van der Waals surface area contributed by atoms with Crippen LogP contribution in [-0.2, 0) is 15.0 Å². The molecule has 0 aromatic heterocycles. The van der Waals surface area contributed by atoms with E-state index in [1.807, 2.05) is 0 Å². The van der Waals surface area contributed by atoms with Crippen molar-refractivity contribution in [3.8, 4) is 0 Å². The van der Waals surface area contributed by atoms with Gasteiger partial charge in [-0.3, -0.25) is 9.81 Å². The summed E-state index contributed by atoms with van der Waals surface area (Å²) in [5, 5.41) is 8.02. The van der Waals surface area contributed by atoms with Crippen LogP contribution in [0.4, 0.5) is 0 Å². The highest BCUT2D eigenvalue weighted by atomic mass is 32.2. The van der Waals surface area contributed by atoms with Gasteiger partial charge in [0, 0.05) is 6.42 Å². The second-order valence-corrected chi connectivity index (χ2v) is 4.98. The minimum Gasteiger partial charge on any atom is -0.314 e. The number of hydrogen-bond acceptors (Lipinski definition) is 4. The molecule has 7 heteroatoms. The highest BCUT2D eigenvalue weighted by Gasteiger charge is 2.22. The van der Waals surface area contributed by atoms with E-state index in [2.05, 4.69) is 4.89 Å². The first-order valence-electron chi connectivity index (χ1n) is 3.80. The van der Waals surface area contributed by atoms with E-state index in [-0.39, 0.29) is 17.0 Å². The number of nitrogens with zero attached hydrogens (tertiary/aromatic N) is 1. The Kier molecular flexibility index (Phi) is 4.79. The molecular formula is C6H16NO5S+. The Hall–Kier alpha value is -0.210. The average Bonchev–Trinajstić information content (AvgIpc) is 1.81. The Balaban J connectivity index is 3.94. The van der Waals surface area contributed by atoms with Crippen LogP contribution in [0.1, 0.15) is 6.42 Å². The van der Waals surface area contributed by atoms with Crippen LogP contribution in [-0.4, -0.2) is 55.8 Å². The van der Waals surface area contributed by atoms with E-state index in [1.165, 1.54) is 0 Å². The van der Waals surface area contributed by atoms with Gasteiger partial charge in [0.1, 0.15) is 0 Å². The molecule has 0 saturated heterocycles. The summed E-state index contributed by atoms with van der Waals surface area (Å²) in [6.45, 7) is 0.660. The molecule has 13 heavy (non-hydrogen) atoms. The van der Waals surface area contributed by atoms with Gasteiger partial charge in [-0.2, -0.15) is 8.42 Å². The van der Waals surface area contributed by atoms with Crippen molar-refractivity contribution in [3.63, 3.8) is 0 Å². The Morgan fingerprint density at radius 2 is 1.92 bits per heavy atom. The molecule has 0 bridgehead atoms. The minimum atomic E-state index is -3.95. The Morgan fingerprint density at radius 3 is 2.31 bits per heavy atom. The van der Waals surface area contributed by atoms with E-state index in [4.69, 9.17) is 9.81 Å². The second-order valence-electron chi connectivity index (χ2n) is 3.56. The maximum Gasteiger partial charge on any atom is 0.316 e. The molecule has 0 radical (unpaired) electrons. The van der Waals surface area contributed by atoms with Crippen molar-refractivity contribution in [2.45, 2.75) is 6.42 Å². The second kappa shape index (κ2) is 4.87. The number of hydrogen-bond donors (Lipinski definition) is 2. The van der Waals surface area contributed by atoms with Crippen molar-refractivity contribution in [3.05, 3.63) is 0 Å². The van der Waals surface area contributed by atoms with Crippen LogP contribution in [0.25, 0.3) is 0 Å². The zero-order valence-corrected chi connectivity index (χ0v) is 8.62. The lowest BCUT2D eigenvalue weighted by Crippen LogP contribution is -2.44. The first kappa shape index (κ1) is 12.8. The van der Waals surface area contributed by atoms with Crippen molar-refractivity contribution in [1.82, 2.24) is 0 Å². The lowest BCUT2D eigenvalue weighted by molar-refractivity contribution is -0.879. The summed E-state index contributed by atoms with van der Waals surface area (Å²) in [6, 6.07) is 0. The van der Waals surface area contributed by atoms with Crippen LogP contribution in [0.3, 0.4) is 0 Å². The van der Waals surface area contributed by atoms with Gasteiger partial charge >= 0.3 is 10.1 Å². The van der Waals surface area contributed by atoms with Gasteiger partial charge in [-0.25, -0.2) is 4.89 Å². The van der Waals surface area contributed by atoms with E-state index in [1.54, 1.807) is 14.1 Å². The Morgan fingerprint density at radius 1 is 1.38 bits per heavy atom. The molecule has 0 aliphatic rings. The maximum atomic E-state index is 10.5. The number of rotatable bonds is 6. The molecule has 0 saturated carbocycles. The van der Waals surface area contributed by atoms with Gasteiger partial charge in [0.2, 0.25) is 5.88 Å². The lowest BCUT2D eigenvalue weighted by atomic mass is 10.4. The highest BCUT2D eigenvalue weighted by Crippen LogP contribution is 2.02. The molecule has 6 nitrogen and oxygen atoms in total. The van der Waals surface area contributed by atoms with Crippen molar-refractivity contribution >= 4 is 10.1 Å². The lowest BCUT2D eigenvalue weighted by Gasteiger charge is -2.27. The van der Waals surface area contributed by atoms with Gasteiger partial charge < -0.3 is 4.48 Å². The van der Waals surface area contributed by atoms with E-state index in [9.17, 15) is 8.42 Å². The van der Waals surface area contributed by atoms with Gasteiger partial charge in [0.05, 0.1) is 27.2 Å². The molecule has 0 aliphatic carbocycles. The monoisotopic (exact) mass is 214 g/mol. The van der Waals surface area contributed by atoms with Crippen LogP contribution in [0.15, 0.2) is 0 Å². The summed E-state index contributed by atoms with van der Waals surface area (Å²) in [7, 11) is -0.607. The van der Waals surface area contributed by atoms with Gasteiger partial charge in [-0.15, -0.1) is 0 Å². The van der Waals surface area contributed by atoms with Gasteiger partial charge in [0.25, 0.3) is 0 Å².